The smallest absolute Gasteiger partial charge is 0.269 e. The largest absolute Gasteiger partial charge is 0.360 e. The highest BCUT2D eigenvalue weighted by Crippen LogP contribution is 2.22. The fourth-order valence-electron chi connectivity index (χ4n) is 2.11. The SMILES string of the molecule is Cc1noc(C)c1S(=O)(=O)Nc1nncn1-c1ccccc1. The summed E-state index contributed by atoms with van der Waals surface area (Å²) in [6.45, 7) is 3.10. The van der Waals surface area contributed by atoms with Gasteiger partial charge in [-0.25, -0.2) is 13.1 Å². The van der Waals surface area contributed by atoms with E-state index in [1.54, 1.807) is 6.92 Å². The van der Waals surface area contributed by atoms with Crippen LogP contribution >= 0.6 is 0 Å². The highest BCUT2D eigenvalue weighted by Gasteiger charge is 2.26. The molecule has 0 aliphatic rings. The average molecular weight is 319 g/mol. The summed E-state index contributed by atoms with van der Waals surface area (Å²) in [5, 5.41) is 11.2. The van der Waals surface area contributed by atoms with Crippen LogP contribution in [0, 0.1) is 13.8 Å². The monoisotopic (exact) mass is 319 g/mol. The van der Waals surface area contributed by atoms with Crippen molar-refractivity contribution < 1.29 is 12.9 Å². The molecule has 8 nitrogen and oxygen atoms in total. The van der Waals surface area contributed by atoms with Gasteiger partial charge >= 0.3 is 0 Å². The Labute approximate surface area is 126 Å². The molecule has 2 aromatic heterocycles. The summed E-state index contributed by atoms with van der Waals surface area (Å²) in [5.41, 5.74) is 1.03. The minimum Gasteiger partial charge on any atom is -0.360 e. The number of hydrogen-bond donors (Lipinski definition) is 1. The first-order valence-corrected chi connectivity index (χ1v) is 7.88. The Morgan fingerprint density at radius 3 is 2.55 bits per heavy atom. The molecule has 3 aromatic rings. The third-order valence-corrected chi connectivity index (χ3v) is 4.62. The molecule has 22 heavy (non-hydrogen) atoms. The lowest BCUT2D eigenvalue weighted by atomic mass is 10.3. The Balaban J connectivity index is 2.00. The minimum atomic E-state index is -3.86. The summed E-state index contributed by atoms with van der Waals surface area (Å²) >= 11 is 0. The van der Waals surface area contributed by atoms with E-state index in [1.165, 1.54) is 17.8 Å². The van der Waals surface area contributed by atoms with Crippen molar-refractivity contribution in [2.24, 2.45) is 0 Å². The van der Waals surface area contributed by atoms with Gasteiger partial charge in [-0.15, -0.1) is 10.2 Å². The van der Waals surface area contributed by atoms with Crippen LogP contribution in [0.25, 0.3) is 5.69 Å². The minimum absolute atomic E-state index is 0.00936. The molecule has 0 saturated heterocycles. The second kappa shape index (κ2) is 5.26. The van der Waals surface area contributed by atoms with Crippen LogP contribution in [-0.4, -0.2) is 28.3 Å². The summed E-state index contributed by atoms with van der Waals surface area (Å²) in [6, 6.07) is 9.17. The van der Waals surface area contributed by atoms with E-state index in [0.717, 1.165) is 5.69 Å². The quantitative estimate of drug-likeness (QED) is 0.784. The van der Waals surface area contributed by atoms with E-state index in [0.29, 0.717) is 0 Å². The molecule has 0 radical (unpaired) electrons. The number of nitrogens with zero attached hydrogens (tertiary/aromatic N) is 4. The predicted molar refractivity (Wildman–Crippen MR) is 78.1 cm³/mol. The predicted octanol–water partition coefficient (Wildman–Crippen LogP) is 1.67. The van der Waals surface area contributed by atoms with Crippen molar-refractivity contribution in [2.75, 3.05) is 4.72 Å². The second-order valence-electron chi connectivity index (χ2n) is 4.62. The van der Waals surface area contributed by atoms with E-state index in [1.807, 2.05) is 30.3 Å². The summed E-state index contributed by atoms with van der Waals surface area (Å²) < 4.78 is 33.8. The zero-order valence-corrected chi connectivity index (χ0v) is 12.7. The van der Waals surface area contributed by atoms with Gasteiger partial charge in [0.1, 0.15) is 12.0 Å². The van der Waals surface area contributed by atoms with E-state index in [4.69, 9.17) is 4.52 Å². The fourth-order valence-corrected chi connectivity index (χ4v) is 3.44. The van der Waals surface area contributed by atoms with Crippen LogP contribution < -0.4 is 4.72 Å². The molecule has 0 saturated carbocycles. The van der Waals surface area contributed by atoms with Gasteiger partial charge in [0.15, 0.2) is 10.7 Å². The van der Waals surface area contributed by atoms with Gasteiger partial charge in [0, 0.05) is 0 Å². The fraction of sp³-hybridized carbons (Fsp3) is 0.154. The average Bonchev–Trinajstić information content (AvgIpc) is 3.06. The molecule has 1 N–H and O–H groups in total. The van der Waals surface area contributed by atoms with Crippen LogP contribution in [0.5, 0.6) is 0 Å². The molecule has 0 atom stereocenters. The number of sulfonamides is 1. The molecule has 0 amide bonds. The van der Waals surface area contributed by atoms with Gasteiger partial charge in [-0.05, 0) is 26.0 Å². The lowest BCUT2D eigenvalue weighted by Crippen LogP contribution is -2.17. The Morgan fingerprint density at radius 1 is 1.18 bits per heavy atom. The summed E-state index contributed by atoms with van der Waals surface area (Å²) in [4.78, 5) is 0.00936. The number of hydrogen-bond acceptors (Lipinski definition) is 6. The maximum absolute atomic E-state index is 12.5. The van der Waals surface area contributed by atoms with Gasteiger partial charge in [-0.1, -0.05) is 23.4 Å². The summed E-state index contributed by atoms with van der Waals surface area (Å²) in [5.74, 6) is 0.307. The number of aromatic nitrogens is 4. The van der Waals surface area contributed by atoms with Gasteiger partial charge in [0.2, 0.25) is 5.95 Å². The van der Waals surface area contributed by atoms with Gasteiger partial charge in [-0.2, -0.15) is 0 Å². The molecule has 0 fully saturated rings. The molecule has 0 spiro atoms. The van der Waals surface area contributed by atoms with Gasteiger partial charge in [0.25, 0.3) is 10.0 Å². The first-order valence-electron chi connectivity index (χ1n) is 6.40. The summed E-state index contributed by atoms with van der Waals surface area (Å²) in [6.07, 6.45) is 1.43. The molecular weight excluding hydrogens is 306 g/mol. The molecule has 0 aliphatic heterocycles. The topological polar surface area (TPSA) is 103 Å². The van der Waals surface area contributed by atoms with Crippen LogP contribution in [0.15, 0.2) is 46.1 Å². The molecule has 9 heteroatoms. The van der Waals surface area contributed by atoms with Crippen LogP contribution in [0.1, 0.15) is 11.5 Å². The maximum Gasteiger partial charge on any atom is 0.269 e. The Bertz CT molecular complexity index is 879. The molecule has 114 valence electrons. The van der Waals surface area contributed by atoms with Crippen LogP contribution in [0.2, 0.25) is 0 Å². The van der Waals surface area contributed by atoms with Crippen molar-refractivity contribution in [3.63, 3.8) is 0 Å². The van der Waals surface area contributed by atoms with E-state index < -0.39 is 10.0 Å². The lowest BCUT2D eigenvalue weighted by molar-refractivity contribution is 0.390. The Hall–Kier alpha value is -2.68. The number of aryl methyl sites for hydroxylation is 2. The number of anilines is 1. The summed E-state index contributed by atoms with van der Waals surface area (Å²) in [7, 11) is -3.86. The van der Waals surface area contributed by atoms with Crippen LogP contribution in [-0.2, 0) is 10.0 Å². The molecule has 0 bridgehead atoms. The molecular formula is C13H13N5O3S. The molecule has 1 aromatic carbocycles. The van der Waals surface area contributed by atoms with Crippen molar-refractivity contribution in [1.29, 1.82) is 0 Å². The van der Waals surface area contributed by atoms with E-state index in [9.17, 15) is 8.42 Å². The highest BCUT2D eigenvalue weighted by molar-refractivity contribution is 7.92. The first-order chi connectivity index (χ1) is 10.5. The number of rotatable bonds is 4. The molecule has 0 aliphatic carbocycles. The van der Waals surface area contributed by atoms with Crippen molar-refractivity contribution in [3.8, 4) is 5.69 Å². The molecule has 3 rings (SSSR count). The number of nitrogens with one attached hydrogen (secondary N) is 1. The zero-order chi connectivity index (χ0) is 15.7. The first kappa shape index (κ1) is 14.3. The number of benzene rings is 1. The molecule has 0 unspecified atom stereocenters. The Morgan fingerprint density at radius 2 is 1.91 bits per heavy atom. The number of para-hydroxylation sites is 1. The van der Waals surface area contributed by atoms with E-state index >= 15 is 0 Å². The van der Waals surface area contributed by atoms with Crippen LogP contribution in [0.4, 0.5) is 5.95 Å². The Kier molecular flexibility index (Phi) is 3.41. The third-order valence-electron chi connectivity index (χ3n) is 3.04. The molecule has 2 heterocycles. The van der Waals surface area contributed by atoms with E-state index in [-0.39, 0.29) is 22.3 Å². The van der Waals surface area contributed by atoms with Gasteiger partial charge < -0.3 is 4.52 Å². The van der Waals surface area contributed by atoms with Crippen molar-refractivity contribution in [1.82, 2.24) is 19.9 Å². The van der Waals surface area contributed by atoms with Crippen molar-refractivity contribution >= 4 is 16.0 Å². The second-order valence-corrected chi connectivity index (χ2v) is 6.24. The normalized spacial score (nSPS) is 11.5. The van der Waals surface area contributed by atoms with Crippen molar-refractivity contribution in [2.45, 2.75) is 18.7 Å². The maximum atomic E-state index is 12.5. The standard InChI is InChI=1S/C13H13N5O3S/c1-9-12(10(2)21-16-9)22(19,20)17-13-15-14-8-18(13)11-6-4-3-5-7-11/h3-8H,1-2H3,(H,15,17). The highest BCUT2D eigenvalue weighted by atomic mass is 32.2. The van der Waals surface area contributed by atoms with Gasteiger partial charge in [-0.3, -0.25) is 4.57 Å². The van der Waals surface area contributed by atoms with Crippen LogP contribution in [0.3, 0.4) is 0 Å². The lowest BCUT2D eigenvalue weighted by Gasteiger charge is -2.09. The van der Waals surface area contributed by atoms with Crippen molar-refractivity contribution in [3.05, 3.63) is 48.1 Å². The van der Waals surface area contributed by atoms with E-state index in [2.05, 4.69) is 20.1 Å². The zero-order valence-electron chi connectivity index (χ0n) is 11.9. The van der Waals surface area contributed by atoms with Gasteiger partial charge in [0.05, 0.1) is 5.69 Å². The third kappa shape index (κ3) is 2.46.